The van der Waals surface area contributed by atoms with Crippen molar-refractivity contribution in [3.05, 3.63) is 75.1 Å². The van der Waals surface area contributed by atoms with Crippen molar-refractivity contribution in [2.24, 2.45) is 0 Å². The minimum absolute atomic E-state index is 0.143. The van der Waals surface area contributed by atoms with Gasteiger partial charge in [0.1, 0.15) is 16.1 Å². The largest absolute Gasteiger partial charge is 0.324 e. The Morgan fingerprint density at radius 1 is 1.23 bits per heavy atom. The third-order valence-corrected chi connectivity index (χ3v) is 7.23. The second kappa shape index (κ2) is 7.88. The number of aromatic nitrogens is 3. The van der Waals surface area contributed by atoms with E-state index in [1.54, 1.807) is 23.5 Å². The zero-order valence-electron chi connectivity index (χ0n) is 16.3. The second-order valence-corrected chi connectivity index (χ2v) is 9.35. The fraction of sp³-hybridized carbons (Fsp3) is 0.0909. The quantitative estimate of drug-likeness (QED) is 0.388. The SMILES string of the molecule is Cc1ccc(NC(=O)Cn2cnc3c(sc4nc(-c5cccs5)ccc43)c2=O)cc1Cl. The molecule has 0 fully saturated rings. The van der Waals surface area contributed by atoms with Crippen molar-refractivity contribution in [3.63, 3.8) is 0 Å². The molecule has 0 radical (unpaired) electrons. The van der Waals surface area contributed by atoms with Gasteiger partial charge in [-0.2, -0.15) is 0 Å². The summed E-state index contributed by atoms with van der Waals surface area (Å²) in [6.07, 6.45) is 1.41. The first-order valence-corrected chi connectivity index (χ1v) is 11.5. The number of carbonyl (C=O) groups is 1. The van der Waals surface area contributed by atoms with Crippen LogP contribution in [0.3, 0.4) is 0 Å². The van der Waals surface area contributed by atoms with Crippen LogP contribution in [-0.4, -0.2) is 20.4 Å². The molecule has 1 amide bonds. The summed E-state index contributed by atoms with van der Waals surface area (Å²) in [6, 6.07) is 13.2. The lowest BCUT2D eigenvalue weighted by Crippen LogP contribution is -2.27. The molecule has 4 aromatic heterocycles. The topological polar surface area (TPSA) is 76.9 Å². The number of thiophene rings is 2. The number of pyridine rings is 1. The maximum absolute atomic E-state index is 13.0. The predicted molar refractivity (Wildman–Crippen MR) is 127 cm³/mol. The summed E-state index contributed by atoms with van der Waals surface area (Å²) in [5, 5.41) is 6.17. The van der Waals surface area contributed by atoms with Crippen molar-refractivity contribution in [2.45, 2.75) is 13.5 Å². The van der Waals surface area contributed by atoms with Crippen LogP contribution >= 0.6 is 34.3 Å². The molecule has 0 aliphatic heterocycles. The average molecular weight is 467 g/mol. The lowest BCUT2D eigenvalue weighted by Gasteiger charge is -2.08. The molecule has 0 atom stereocenters. The lowest BCUT2D eigenvalue weighted by molar-refractivity contribution is -0.116. The maximum Gasteiger partial charge on any atom is 0.271 e. The van der Waals surface area contributed by atoms with Crippen molar-refractivity contribution in [1.29, 1.82) is 0 Å². The van der Waals surface area contributed by atoms with E-state index in [2.05, 4.69) is 10.3 Å². The first-order valence-electron chi connectivity index (χ1n) is 9.38. The molecule has 0 saturated carbocycles. The number of halogens is 1. The number of aryl methyl sites for hydroxylation is 1. The number of hydrogen-bond donors (Lipinski definition) is 1. The molecule has 31 heavy (non-hydrogen) atoms. The molecule has 1 N–H and O–H groups in total. The molecular formula is C22H15ClN4O2S2. The minimum Gasteiger partial charge on any atom is -0.324 e. The number of nitrogens with one attached hydrogen (secondary N) is 1. The second-order valence-electron chi connectivity index (χ2n) is 7.00. The van der Waals surface area contributed by atoms with Crippen LogP contribution in [0.25, 0.3) is 31.0 Å². The Balaban J connectivity index is 1.46. The van der Waals surface area contributed by atoms with Gasteiger partial charge in [-0.1, -0.05) is 23.7 Å². The zero-order valence-corrected chi connectivity index (χ0v) is 18.6. The Hall–Kier alpha value is -3.07. The Morgan fingerprint density at radius 2 is 2.10 bits per heavy atom. The fourth-order valence-electron chi connectivity index (χ4n) is 3.25. The van der Waals surface area contributed by atoms with E-state index in [1.165, 1.54) is 22.2 Å². The number of benzene rings is 1. The minimum atomic E-state index is -0.331. The van der Waals surface area contributed by atoms with Crippen molar-refractivity contribution in [3.8, 4) is 10.6 Å². The van der Waals surface area contributed by atoms with E-state index in [0.29, 0.717) is 20.9 Å². The molecular weight excluding hydrogens is 452 g/mol. The van der Waals surface area contributed by atoms with Crippen molar-refractivity contribution < 1.29 is 4.79 Å². The molecule has 1 aromatic carbocycles. The Labute approximate surface area is 189 Å². The molecule has 0 saturated heterocycles. The first kappa shape index (κ1) is 19.9. The molecule has 0 aliphatic carbocycles. The van der Waals surface area contributed by atoms with Gasteiger partial charge in [0.25, 0.3) is 5.56 Å². The van der Waals surface area contributed by atoms with Crippen LogP contribution in [-0.2, 0) is 11.3 Å². The standard InChI is InChI=1S/C22H15ClN4O2S2/c1-12-4-5-13(9-15(12)23)25-18(28)10-27-11-24-19-14-6-7-16(17-3-2-8-30-17)26-21(14)31-20(19)22(27)29/h2-9,11H,10H2,1H3,(H,25,28). The average Bonchev–Trinajstić information content (AvgIpc) is 3.41. The van der Waals surface area contributed by atoms with E-state index < -0.39 is 0 Å². The summed E-state index contributed by atoms with van der Waals surface area (Å²) in [5.41, 5.74) is 2.71. The van der Waals surface area contributed by atoms with E-state index in [4.69, 9.17) is 16.6 Å². The molecule has 6 nitrogen and oxygen atoms in total. The summed E-state index contributed by atoms with van der Waals surface area (Å²) in [5.74, 6) is -0.331. The molecule has 9 heteroatoms. The molecule has 0 spiro atoms. The number of nitrogens with zero attached hydrogens (tertiary/aromatic N) is 3. The maximum atomic E-state index is 13.0. The van der Waals surface area contributed by atoms with E-state index >= 15 is 0 Å². The number of amides is 1. The highest BCUT2D eigenvalue weighted by Gasteiger charge is 2.15. The van der Waals surface area contributed by atoms with Gasteiger partial charge in [0.2, 0.25) is 5.91 Å². The van der Waals surface area contributed by atoms with Gasteiger partial charge in [0, 0.05) is 16.1 Å². The molecule has 154 valence electrons. The van der Waals surface area contributed by atoms with Crippen LogP contribution in [0.5, 0.6) is 0 Å². The van der Waals surface area contributed by atoms with E-state index in [1.807, 2.05) is 42.6 Å². The highest BCUT2D eigenvalue weighted by molar-refractivity contribution is 7.25. The highest BCUT2D eigenvalue weighted by Crippen LogP contribution is 2.32. The van der Waals surface area contributed by atoms with Crippen LogP contribution in [0.2, 0.25) is 5.02 Å². The van der Waals surface area contributed by atoms with Crippen molar-refractivity contribution >= 4 is 66.3 Å². The molecule has 5 rings (SSSR count). The van der Waals surface area contributed by atoms with Crippen molar-refractivity contribution in [2.75, 3.05) is 5.32 Å². The van der Waals surface area contributed by atoms with E-state index in [-0.39, 0.29) is 18.0 Å². The van der Waals surface area contributed by atoms with E-state index in [9.17, 15) is 9.59 Å². The fourth-order valence-corrected chi connectivity index (χ4v) is 5.20. The molecule has 0 unspecified atom stereocenters. The number of carbonyl (C=O) groups excluding carboxylic acids is 1. The lowest BCUT2D eigenvalue weighted by atomic mass is 10.2. The van der Waals surface area contributed by atoms with Gasteiger partial charge in [-0.25, -0.2) is 9.97 Å². The summed E-state index contributed by atoms with van der Waals surface area (Å²) < 4.78 is 1.79. The van der Waals surface area contributed by atoms with Gasteiger partial charge >= 0.3 is 0 Å². The van der Waals surface area contributed by atoms with Crippen LogP contribution in [0.15, 0.2) is 59.0 Å². The monoisotopic (exact) mass is 466 g/mol. The van der Waals surface area contributed by atoms with Crippen molar-refractivity contribution in [1.82, 2.24) is 14.5 Å². The summed E-state index contributed by atoms with van der Waals surface area (Å²) in [7, 11) is 0. The van der Waals surface area contributed by atoms with Gasteiger partial charge in [-0.3, -0.25) is 14.2 Å². The number of anilines is 1. The van der Waals surface area contributed by atoms with Crippen LogP contribution < -0.4 is 10.9 Å². The normalized spacial score (nSPS) is 11.3. The van der Waals surface area contributed by atoms with Gasteiger partial charge in [-0.05, 0) is 48.2 Å². The number of hydrogen-bond acceptors (Lipinski definition) is 6. The summed E-state index contributed by atoms with van der Waals surface area (Å²) in [4.78, 5) is 36.4. The summed E-state index contributed by atoms with van der Waals surface area (Å²) in [6.45, 7) is 1.74. The number of fused-ring (bicyclic) bond motifs is 3. The molecule has 4 heterocycles. The van der Waals surface area contributed by atoms with E-state index in [0.717, 1.165) is 26.4 Å². The van der Waals surface area contributed by atoms with Crippen LogP contribution in [0, 0.1) is 6.92 Å². The number of rotatable bonds is 4. The Morgan fingerprint density at radius 3 is 2.87 bits per heavy atom. The highest BCUT2D eigenvalue weighted by atomic mass is 35.5. The Kier molecular flexibility index (Phi) is 5.05. The zero-order chi connectivity index (χ0) is 21.5. The summed E-state index contributed by atoms with van der Waals surface area (Å²) >= 11 is 9.02. The van der Waals surface area contributed by atoms with Crippen LogP contribution in [0.4, 0.5) is 5.69 Å². The van der Waals surface area contributed by atoms with Gasteiger partial charge < -0.3 is 5.32 Å². The smallest absolute Gasteiger partial charge is 0.271 e. The van der Waals surface area contributed by atoms with Gasteiger partial charge in [-0.15, -0.1) is 22.7 Å². The first-order chi connectivity index (χ1) is 15.0. The third kappa shape index (κ3) is 3.74. The third-order valence-electron chi connectivity index (χ3n) is 4.85. The van der Waals surface area contributed by atoms with Gasteiger partial charge in [0.15, 0.2) is 0 Å². The molecule has 5 aromatic rings. The van der Waals surface area contributed by atoms with Gasteiger partial charge in [0.05, 0.1) is 22.4 Å². The molecule has 0 aliphatic rings. The predicted octanol–water partition coefficient (Wildman–Crippen LogP) is 5.34. The van der Waals surface area contributed by atoms with Crippen LogP contribution in [0.1, 0.15) is 5.56 Å². The Bertz CT molecular complexity index is 1510. The molecule has 0 bridgehead atoms.